The Balaban J connectivity index is 2.61. The fraction of sp³-hybridized carbons (Fsp3) is 0.857. The predicted octanol–water partition coefficient (Wildman–Crippen LogP) is 0.0731. The first kappa shape index (κ1) is 11.0. The van der Waals surface area contributed by atoms with Crippen LogP contribution in [0.5, 0.6) is 0 Å². The fourth-order valence-corrected chi connectivity index (χ4v) is 3.22. The maximum absolute atomic E-state index is 11.3. The third-order valence-electron chi connectivity index (χ3n) is 2.31. The van der Waals surface area contributed by atoms with Crippen LogP contribution in [0.3, 0.4) is 0 Å². The minimum absolute atomic E-state index is 0.158. The molecule has 0 spiro atoms. The molecule has 0 aromatic rings. The molecule has 0 aliphatic carbocycles. The van der Waals surface area contributed by atoms with Gasteiger partial charge in [0.1, 0.15) is 0 Å². The zero-order chi connectivity index (χ0) is 10.1. The molecule has 4 nitrogen and oxygen atoms in total. The van der Waals surface area contributed by atoms with E-state index in [0.29, 0.717) is 6.42 Å². The van der Waals surface area contributed by atoms with Gasteiger partial charge in [-0.15, -0.1) is 0 Å². The van der Waals surface area contributed by atoms with E-state index in [4.69, 9.17) is 0 Å². The summed E-state index contributed by atoms with van der Waals surface area (Å²) in [7, 11) is -2.96. The van der Waals surface area contributed by atoms with Crippen molar-refractivity contribution in [3.05, 3.63) is 0 Å². The smallest absolute Gasteiger partial charge is 0.230 e. The molecule has 2 atom stereocenters. The van der Waals surface area contributed by atoms with Crippen molar-refractivity contribution in [1.82, 2.24) is 5.32 Å². The lowest BCUT2D eigenvalue weighted by Crippen LogP contribution is -2.40. The van der Waals surface area contributed by atoms with E-state index in [-0.39, 0.29) is 23.0 Å². The van der Waals surface area contributed by atoms with Crippen LogP contribution in [0.1, 0.15) is 13.3 Å². The highest BCUT2D eigenvalue weighted by atomic mass is 79.9. The molecule has 0 radical (unpaired) electrons. The van der Waals surface area contributed by atoms with E-state index in [1.54, 1.807) is 6.92 Å². The highest BCUT2D eigenvalue weighted by Crippen LogP contribution is 2.20. The Kier molecular flexibility index (Phi) is 3.34. The number of carbonyl (C=O) groups is 1. The van der Waals surface area contributed by atoms with Crippen LogP contribution in [-0.2, 0) is 14.6 Å². The van der Waals surface area contributed by atoms with Gasteiger partial charge in [0.2, 0.25) is 5.91 Å². The van der Waals surface area contributed by atoms with Crippen molar-refractivity contribution < 1.29 is 13.2 Å². The second kappa shape index (κ2) is 3.96. The van der Waals surface area contributed by atoms with Crippen LogP contribution in [0.25, 0.3) is 0 Å². The average molecular weight is 270 g/mol. The first-order valence-corrected chi connectivity index (χ1v) is 6.88. The zero-order valence-electron chi connectivity index (χ0n) is 7.29. The molecule has 1 aliphatic heterocycles. The summed E-state index contributed by atoms with van der Waals surface area (Å²) in [4.78, 5) is 11.0. The van der Waals surface area contributed by atoms with Crippen molar-refractivity contribution in [3.63, 3.8) is 0 Å². The number of hydrogen-bond acceptors (Lipinski definition) is 3. The van der Waals surface area contributed by atoms with Crippen LogP contribution in [0.2, 0.25) is 0 Å². The lowest BCUT2D eigenvalue weighted by Gasteiger charge is -2.14. The largest absolute Gasteiger partial charge is 0.351 e. The van der Waals surface area contributed by atoms with Gasteiger partial charge in [0, 0.05) is 6.04 Å². The molecular weight excluding hydrogens is 258 g/mol. The van der Waals surface area contributed by atoms with Crippen molar-refractivity contribution in [2.75, 3.05) is 11.1 Å². The Labute approximate surface area is 86.1 Å². The molecule has 1 aliphatic rings. The average Bonchev–Trinajstić information content (AvgIpc) is 2.32. The topological polar surface area (TPSA) is 63.2 Å². The minimum Gasteiger partial charge on any atom is -0.351 e. The van der Waals surface area contributed by atoms with Crippen LogP contribution in [-0.4, -0.2) is 36.7 Å². The molecule has 1 rings (SSSR count). The van der Waals surface area contributed by atoms with E-state index < -0.39 is 15.1 Å². The molecule has 1 N–H and O–H groups in total. The van der Waals surface area contributed by atoms with E-state index >= 15 is 0 Å². The zero-order valence-corrected chi connectivity index (χ0v) is 9.69. The Morgan fingerprint density at radius 2 is 2.23 bits per heavy atom. The van der Waals surface area contributed by atoms with Crippen molar-refractivity contribution in [2.24, 2.45) is 0 Å². The molecule has 13 heavy (non-hydrogen) atoms. The van der Waals surface area contributed by atoms with Crippen LogP contribution >= 0.6 is 15.9 Å². The molecule has 1 fully saturated rings. The molecule has 1 amide bonds. The molecule has 1 heterocycles. The SMILES string of the molecule is CC1C(NC(=O)CBr)CCS1(=O)=O. The molecule has 0 aromatic carbocycles. The third kappa shape index (κ3) is 2.43. The third-order valence-corrected chi connectivity index (χ3v) is 5.09. The predicted molar refractivity (Wildman–Crippen MR) is 53.6 cm³/mol. The van der Waals surface area contributed by atoms with Crippen LogP contribution < -0.4 is 5.32 Å². The quantitative estimate of drug-likeness (QED) is 0.722. The summed E-state index contributed by atoms with van der Waals surface area (Å²) in [6.07, 6.45) is 0.530. The number of sulfone groups is 1. The summed E-state index contributed by atoms with van der Waals surface area (Å²) in [5.74, 6) is 0.0236. The highest BCUT2D eigenvalue weighted by molar-refractivity contribution is 9.09. The summed E-state index contributed by atoms with van der Waals surface area (Å²) in [6.45, 7) is 1.64. The van der Waals surface area contributed by atoms with Crippen molar-refractivity contribution in [1.29, 1.82) is 0 Å². The second-order valence-electron chi connectivity index (χ2n) is 3.17. The Morgan fingerprint density at radius 1 is 1.62 bits per heavy atom. The maximum atomic E-state index is 11.3. The van der Waals surface area contributed by atoms with Gasteiger partial charge in [-0.25, -0.2) is 8.42 Å². The number of alkyl halides is 1. The lowest BCUT2D eigenvalue weighted by atomic mass is 10.2. The number of amides is 1. The van der Waals surface area contributed by atoms with Gasteiger partial charge in [0.15, 0.2) is 9.84 Å². The van der Waals surface area contributed by atoms with Gasteiger partial charge >= 0.3 is 0 Å². The molecule has 0 saturated carbocycles. The lowest BCUT2D eigenvalue weighted by molar-refractivity contribution is -0.119. The molecule has 1 saturated heterocycles. The van der Waals surface area contributed by atoms with Gasteiger partial charge in [-0.05, 0) is 13.3 Å². The number of halogens is 1. The van der Waals surface area contributed by atoms with E-state index in [1.165, 1.54) is 0 Å². The minimum atomic E-state index is -2.96. The van der Waals surface area contributed by atoms with Crippen LogP contribution in [0, 0.1) is 0 Å². The first-order valence-electron chi connectivity index (χ1n) is 4.04. The number of nitrogens with one attached hydrogen (secondary N) is 1. The van der Waals surface area contributed by atoms with Gasteiger partial charge < -0.3 is 5.32 Å². The fourth-order valence-electron chi connectivity index (χ4n) is 1.40. The van der Waals surface area contributed by atoms with Crippen LogP contribution in [0.15, 0.2) is 0 Å². The molecule has 76 valence electrons. The van der Waals surface area contributed by atoms with Gasteiger partial charge in [-0.2, -0.15) is 0 Å². The number of rotatable bonds is 2. The summed E-state index contributed by atoms with van der Waals surface area (Å²) in [6, 6.07) is -0.213. The van der Waals surface area contributed by atoms with E-state index in [1.807, 2.05) is 0 Å². The number of hydrogen-bond donors (Lipinski definition) is 1. The summed E-state index contributed by atoms with van der Waals surface area (Å²) in [5, 5.41) is 2.44. The summed E-state index contributed by atoms with van der Waals surface area (Å²) in [5.41, 5.74) is 0. The summed E-state index contributed by atoms with van der Waals surface area (Å²) >= 11 is 3.01. The molecule has 2 unspecified atom stereocenters. The normalized spacial score (nSPS) is 31.5. The molecular formula is C7H12BrNO3S. The van der Waals surface area contributed by atoms with Gasteiger partial charge in [0.05, 0.1) is 16.3 Å². The van der Waals surface area contributed by atoms with E-state index in [2.05, 4.69) is 21.2 Å². The van der Waals surface area contributed by atoms with Gasteiger partial charge in [0.25, 0.3) is 0 Å². The summed E-state index contributed by atoms with van der Waals surface area (Å²) < 4.78 is 22.6. The van der Waals surface area contributed by atoms with Crippen molar-refractivity contribution in [3.8, 4) is 0 Å². The Bertz CT molecular complexity index is 301. The van der Waals surface area contributed by atoms with Crippen LogP contribution in [0.4, 0.5) is 0 Å². The standard InChI is InChI=1S/C7H12BrNO3S/c1-5-6(9-7(10)4-8)2-3-13(5,11)12/h5-6H,2-4H2,1H3,(H,9,10). The van der Waals surface area contributed by atoms with E-state index in [9.17, 15) is 13.2 Å². The van der Waals surface area contributed by atoms with Crippen molar-refractivity contribution in [2.45, 2.75) is 24.6 Å². The van der Waals surface area contributed by atoms with E-state index in [0.717, 1.165) is 0 Å². The maximum Gasteiger partial charge on any atom is 0.230 e. The van der Waals surface area contributed by atoms with Gasteiger partial charge in [-0.1, -0.05) is 15.9 Å². The first-order chi connectivity index (χ1) is 5.97. The Hall–Kier alpha value is -0.100. The van der Waals surface area contributed by atoms with Gasteiger partial charge in [-0.3, -0.25) is 4.79 Å². The molecule has 0 bridgehead atoms. The highest BCUT2D eigenvalue weighted by Gasteiger charge is 2.37. The number of carbonyl (C=O) groups excluding carboxylic acids is 1. The van der Waals surface area contributed by atoms with Crippen molar-refractivity contribution >= 4 is 31.7 Å². The second-order valence-corrected chi connectivity index (χ2v) is 6.21. The molecule has 6 heteroatoms. The molecule has 0 aromatic heterocycles. The Morgan fingerprint density at radius 3 is 2.62 bits per heavy atom. The monoisotopic (exact) mass is 269 g/mol.